The highest BCUT2D eigenvalue weighted by molar-refractivity contribution is 5.90. The predicted molar refractivity (Wildman–Crippen MR) is 46.9 cm³/mol. The molecule has 1 heterocycles. The average Bonchev–Trinajstić information content (AvgIpc) is 2.46. The number of nitrogens with zero attached hydrogens (tertiary/aromatic N) is 1. The van der Waals surface area contributed by atoms with Crippen LogP contribution in [-0.2, 0) is 6.42 Å². The zero-order valence-corrected chi connectivity index (χ0v) is 8.00. The molecule has 0 amide bonds. The Labute approximate surface area is 76.5 Å². The van der Waals surface area contributed by atoms with Crippen molar-refractivity contribution in [2.45, 2.75) is 33.1 Å². The SMILES string of the molecule is CCc1onc(C(C)C)c1C(=O)O. The second-order valence-corrected chi connectivity index (χ2v) is 3.18. The molecule has 4 heteroatoms. The smallest absolute Gasteiger partial charge is 0.341 e. The minimum Gasteiger partial charge on any atom is -0.477 e. The number of carboxylic acid groups (broad SMARTS) is 1. The molecule has 4 nitrogen and oxygen atoms in total. The first-order valence-corrected chi connectivity index (χ1v) is 4.29. The van der Waals surface area contributed by atoms with Crippen molar-refractivity contribution in [1.82, 2.24) is 5.16 Å². The van der Waals surface area contributed by atoms with E-state index in [0.717, 1.165) is 0 Å². The van der Waals surface area contributed by atoms with Crippen molar-refractivity contribution in [2.24, 2.45) is 0 Å². The topological polar surface area (TPSA) is 63.3 Å². The fourth-order valence-electron chi connectivity index (χ4n) is 1.20. The Morgan fingerprint density at radius 2 is 2.23 bits per heavy atom. The molecule has 1 aromatic rings. The van der Waals surface area contributed by atoms with Gasteiger partial charge in [0.2, 0.25) is 0 Å². The number of carboxylic acids is 1. The molecule has 0 spiro atoms. The van der Waals surface area contributed by atoms with Gasteiger partial charge in [-0.05, 0) is 5.92 Å². The van der Waals surface area contributed by atoms with E-state index in [1.165, 1.54) is 0 Å². The van der Waals surface area contributed by atoms with Gasteiger partial charge in [0.1, 0.15) is 11.3 Å². The third kappa shape index (κ3) is 1.71. The summed E-state index contributed by atoms with van der Waals surface area (Å²) >= 11 is 0. The van der Waals surface area contributed by atoms with E-state index < -0.39 is 5.97 Å². The van der Waals surface area contributed by atoms with Gasteiger partial charge in [0, 0.05) is 6.42 Å². The molecule has 0 unspecified atom stereocenters. The van der Waals surface area contributed by atoms with E-state index in [4.69, 9.17) is 9.63 Å². The molecule has 1 aromatic heterocycles. The minimum atomic E-state index is -0.957. The second-order valence-electron chi connectivity index (χ2n) is 3.18. The number of rotatable bonds is 3. The van der Waals surface area contributed by atoms with Crippen molar-refractivity contribution >= 4 is 5.97 Å². The third-order valence-electron chi connectivity index (χ3n) is 1.87. The molecule has 0 aromatic carbocycles. The van der Waals surface area contributed by atoms with Crippen LogP contribution in [0, 0.1) is 0 Å². The molecule has 0 atom stereocenters. The van der Waals surface area contributed by atoms with Crippen LogP contribution in [0.4, 0.5) is 0 Å². The molecule has 1 N–H and O–H groups in total. The molecule has 1 rings (SSSR count). The molecule has 13 heavy (non-hydrogen) atoms. The third-order valence-corrected chi connectivity index (χ3v) is 1.87. The molecule has 0 saturated heterocycles. The number of aryl methyl sites for hydroxylation is 1. The maximum Gasteiger partial charge on any atom is 0.341 e. The monoisotopic (exact) mass is 183 g/mol. The quantitative estimate of drug-likeness (QED) is 0.779. The molecular weight excluding hydrogens is 170 g/mol. The Kier molecular flexibility index (Phi) is 2.70. The van der Waals surface area contributed by atoms with Gasteiger partial charge in [0.15, 0.2) is 5.76 Å². The summed E-state index contributed by atoms with van der Waals surface area (Å²) in [4.78, 5) is 10.9. The van der Waals surface area contributed by atoms with Crippen LogP contribution in [0.3, 0.4) is 0 Å². The van der Waals surface area contributed by atoms with Gasteiger partial charge in [-0.2, -0.15) is 0 Å². The molecular formula is C9H13NO3. The minimum absolute atomic E-state index is 0.0788. The van der Waals surface area contributed by atoms with Crippen molar-refractivity contribution in [3.8, 4) is 0 Å². The highest BCUT2D eigenvalue weighted by Crippen LogP contribution is 2.21. The van der Waals surface area contributed by atoms with E-state index in [9.17, 15) is 4.79 Å². The lowest BCUT2D eigenvalue weighted by atomic mass is 10.0. The lowest BCUT2D eigenvalue weighted by Crippen LogP contribution is -2.04. The Balaban J connectivity index is 3.22. The van der Waals surface area contributed by atoms with Crippen molar-refractivity contribution in [1.29, 1.82) is 0 Å². The molecule has 0 aliphatic rings. The van der Waals surface area contributed by atoms with E-state index in [2.05, 4.69) is 5.16 Å². The summed E-state index contributed by atoms with van der Waals surface area (Å²) in [6, 6.07) is 0. The molecule has 0 bridgehead atoms. The molecule has 0 aliphatic heterocycles. The maximum absolute atomic E-state index is 10.9. The number of aromatic carboxylic acids is 1. The van der Waals surface area contributed by atoms with Crippen LogP contribution in [-0.4, -0.2) is 16.2 Å². The van der Waals surface area contributed by atoms with Gasteiger partial charge in [-0.25, -0.2) is 4.79 Å². The Hall–Kier alpha value is -1.32. The van der Waals surface area contributed by atoms with Gasteiger partial charge >= 0.3 is 5.97 Å². The van der Waals surface area contributed by atoms with Crippen LogP contribution >= 0.6 is 0 Å². The Morgan fingerprint density at radius 1 is 1.62 bits per heavy atom. The number of hydrogen-bond acceptors (Lipinski definition) is 3. The number of hydrogen-bond donors (Lipinski definition) is 1. The average molecular weight is 183 g/mol. The van der Waals surface area contributed by atoms with Crippen LogP contribution in [0.15, 0.2) is 4.52 Å². The van der Waals surface area contributed by atoms with E-state index >= 15 is 0 Å². The Morgan fingerprint density at radius 3 is 2.62 bits per heavy atom. The summed E-state index contributed by atoms with van der Waals surface area (Å²) in [7, 11) is 0. The zero-order chi connectivity index (χ0) is 10.0. The Bertz CT molecular complexity index is 315. The zero-order valence-electron chi connectivity index (χ0n) is 8.00. The van der Waals surface area contributed by atoms with Crippen molar-refractivity contribution in [3.63, 3.8) is 0 Å². The fourth-order valence-corrected chi connectivity index (χ4v) is 1.20. The van der Waals surface area contributed by atoms with Crippen LogP contribution in [0.2, 0.25) is 0 Å². The van der Waals surface area contributed by atoms with Crippen molar-refractivity contribution < 1.29 is 14.4 Å². The molecule has 0 saturated carbocycles. The summed E-state index contributed by atoms with van der Waals surface area (Å²) in [5, 5.41) is 12.7. The lowest BCUT2D eigenvalue weighted by molar-refractivity contribution is 0.0693. The van der Waals surface area contributed by atoms with Gasteiger partial charge in [0.25, 0.3) is 0 Å². The van der Waals surface area contributed by atoms with E-state index in [1.807, 2.05) is 20.8 Å². The van der Waals surface area contributed by atoms with Gasteiger partial charge < -0.3 is 9.63 Å². The van der Waals surface area contributed by atoms with E-state index in [-0.39, 0.29) is 11.5 Å². The summed E-state index contributed by atoms with van der Waals surface area (Å²) in [5.41, 5.74) is 0.766. The number of carbonyl (C=O) groups is 1. The summed E-state index contributed by atoms with van der Waals surface area (Å²) in [6.45, 7) is 5.63. The van der Waals surface area contributed by atoms with Gasteiger partial charge in [0.05, 0.1) is 0 Å². The van der Waals surface area contributed by atoms with Gasteiger partial charge in [-0.3, -0.25) is 0 Å². The van der Waals surface area contributed by atoms with E-state index in [0.29, 0.717) is 17.9 Å². The van der Waals surface area contributed by atoms with Crippen molar-refractivity contribution in [2.75, 3.05) is 0 Å². The normalized spacial score (nSPS) is 10.8. The molecule has 72 valence electrons. The van der Waals surface area contributed by atoms with Gasteiger partial charge in [-0.1, -0.05) is 25.9 Å². The highest BCUT2D eigenvalue weighted by Gasteiger charge is 2.22. The van der Waals surface area contributed by atoms with Crippen LogP contribution in [0.1, 0.15) is 48.5 Å². The standard InChI is InChI=1S/C9H13NO3/c1-4-6-7(9(11)12)8(5(2)3)10-13-6/h5H,4H2,1-3H3,(H,11,12). The fraction of sp³-hybridized carbons (Fsp3) is 0.556. The number of aromatic nitrogens is 1. The molecule has 0 aliphatic carbocycles. The summed E-state index contributed by atoms with van der Waals surface area (Å²) < 4.78 is 4.94. The van der Waals surface area contributed by atoms with Gasteiger partial charge in [-0.15, -0.1) is 0 Å². The molecule has 0 fully saturated rings. The van der Waals surface area contributed by atoms with Crippen LogP contribution < -0.4 is 0 Å². The maximum atomic E-state index is 10.9. The largest absolute Gasteiger partial charge is 0.477 e. The second kappa shape index (κ2) is 3.60. The van der Waals surface area contributed by atoms with Crippen LogP contribution in [0.25, 0.3) is 0 Å². The highest BCUT2D eigenvalue weighted by atomic mass is 16.5. The lowest BCUT2D eigenvalue weighted by Gasteiger charge is -1.99. The van der Waals surface area contributed by atoms with Crippen molar-refractivity contribution in [3.05, 3.63) is 17.0 Å². The first-order valence-electron chi connectivity index (χ1n) is 4.29. The summed E-state index contributed by atoms with van der Waals surface area (Å²) in [5.74, 6) is -0.423. The summed E-state index contributed by atoms with van der Waals surface area (Å²) in [6.07, 6.45) is 0.557. The predicted octanol–water partition coefficient (Wildman–Crippen LogP) is 2.06. The van der Waals surface area contributed by atoms with E-state index in [1.54, 1.807) is 0 Å². The first kappa shape index (κ1) is 9.77. The first-order chi connectivity index (χ1) is 6.07. The van der Waals surface area contributed by atoms with Crippen LogP contribution in [0.5, 0.6) is 0 Å². The molecule has 0 radical (unpaired) electrons.